The van der Waals surface area contributed by atoms with Gasteiger partial charge in [-0.05, 0) is 37.0 Å². The fraction of sp³-hybridized carbons (Fsp3) is 0.235. The van der Waals surface area contributed by atoms with Gasteiger partial charge in [-0.2, -0.15) is 0 Å². The Balaban J connectivity index is 1.92. The van der Waals surface area contributed by atoms with E-state index in [1.807, 2.05) is 42.5 Å². The van der Waals surface area contributed by atoms with E-state index < -0.39 is 0 Å². The van der Waals surface area contributed by atoms with Crippen molar-refractivity contribution in [2.75, 3.05) is 5.32 Å². The van der Waals surface area contributed by atoms with Gasteiger partial charge in [0.2, 0.25) is 5.91 Å². The predicted octanol–water partition coefficient (Wildman–Crippen LogP) is 3.66. The SMILES string of the molecule is Cc1ccc2c(c1)CCC(c1ccccc1)C(=O)N2. The summed E-state index contributed by atoms with van der Waals surface area (Å²) in [6.45, 7) is 2.08. The molecule has 2 heteroatoms. The van der Waals surface area contributed by atoms with Gasteiger partial charge in [0.1, 0.15) is 0 Å². The van der Waals surface area contributed by atoms with E-state index in [0.29, 0.717) is 0 Å². The topological polar surface area (TPSA) is 29.1 Å². The molecule has 0 aliphatic carbocycles. The summed E-state index contributed by atoms with van der Waals surface area (Å²) >= 11 is 0. The molecule has 1 unspecified atom stereocenters. The number of hydrogen-bond donors (Lipinski definition) is 1. The van der Waals surface area contributed by atoms with Crippen LogP contribution in [-0.4, -0.2) is 5.91 Å². The summed E-state index contributed by atoms with van der Waals surface area (Å²) in [6.07, 6.45) is 1.81. The van der Waals surface area contributed by atoms with Crippen molar-refractivity contribution in [2.45, 2.75) is 25.7 Å². The highest BCUT2D eigenvalue weighted by Crippen LogP contribution is 2.30. The number of hydrogen-bond acceptors (Lipinski definition) is 1. The molecule has 0 saturated heterocycles. The van der Waals surface area contributed by atoms with Crippen molar-refractivity contribution < 1.29 is 4.79 Å². The molecule has 3 rings (SSSR count). The molecule has 0 spiro atoms. The van der Waals surface area contributed by atoms with Gasteiger partial charge in [0.15, 0.2) is 0 Å². The number of rotatable bonds is 1. The maximum absolute atomic E-state index is 12.4. The first kappa shape index (κ1) is 12.0. The summed E-state index contributed by atoms with van der Waals surface area (Å²) in [7, 11) is 0. The van der Waals surface area contributed by atoms with Gasteiger partial charge in [-0.1, -0.05) is 48.0 Å². The van der Waals surface area contributed by atoms with Gasteiger partial charge < -0.3 is 5.32 Å². The first-order valence-electron chi connectivity index (χ1n) is 6.69. The maximum atomic E-state index is 12.4. The Labute approximate surface area is 113 Å². The largest absolute Gasteiger partial charge is 0.325 e. The standard InChI is InChI=1S/C17H17NO/c1-12-7-10-16-14(11-12)8-9-15(17(19)18-16)13-5-3-2-4-6-13/h2-7,10-11,15H,8-9H2,1H3,(H,18,19). The van der Waals surface area contributed by atoms with Gasteiger partial charge in [-0.15, -0.1) is 0 Å². The van der Waals surface area contributed by atoms with Gasteiger partial charge in [0.05, 0.1) is 5.92 Å². The van der Waals surface area contributed by atoms with Crippen LogP contribution in [0.15, 0.2) is 48.5 Å². The number of fused-ring (bicyclic) bond motifs is 1. The van der Waals surface area contributed by atoms with Gasteiger partial charge in [-0.25, -0.2) is 0 Å². The average Bonchev–Trinajstić information content (AvgIpc) is 2.58. The fourth-order valence-electron chi connectivity index (χ4n) is 2.71. The van der Waals surface area contributed by atoms with Crippen molar-refractivity contribution in [2.24, 2.45) is 0 Å². The van der Waals surface area contributed by atoms with Gasteiger partial charge in [-0.3, -0.25) is 4.79 Å². The zero-order valence-electron chi connectivity index (χ0n) is 11.0. The molecule has 2 nitrogen and oxygen atoms in total. The van der Waals surface area contributed by atoms with Crippen molar-refractivity contribution in [3.63, 3.8) is 0 Å². The Kier molecular flexibility index (Phi) is 3.08. The zero-order chi connectivity index (χ0) is 13.2. The molecule has 1 aliphatic rings. The van der Waals surface area contributed by atoms with Crippen LogP contribution in [0.3, 0.4) is 0 Å². The molecule has 1 amide bonds. The highest BCUT2D eigenvalue weighted by molar-refractivity contribution is 5.97. The van der Waals surface area contributed by atoms with E-state index in [0.717, 1.165) is 24.1 Å². The van der Waals surface area contributed by atoms with Crippen LogP contribution in [0.5, 0.6) is 0 Å². The molecule has 0 fully saturated rings. The molecule has 19 heavy (non-hydrogen) atoms. The smallest absolute Gasteiger partial charge is 0.231 e. The predicted molar refractivity (Wildman–Crippen MR) is 77.3 cm³/mol. The summed E-state index contributed by atoms with van der Waals surface area (Å²) in [4.78, 5) is 12.4. The molecule has 96 valence electrons. The number of carbonyl (C=O) groups is 1. The minimum absolute atomic E-state index is 0.0473. The summed E-state index contributed by atoms with van der Waals surface area (Å²) < 4.78 is 0. The highest BCUT2D eigenvalue weighted by atomic mass is 16.1. The van der Waals surface area contributed by atoms with E-state index in [4.69, 9.17) is 0 Å². The molecule has 0 radical (unpaired) electrons. The zero-order valence-corrected chi connectivity index (χ0v) is 11.0. The summed E-state index contributed by atoms with van der Waals surface area (Å²) in [6, 6.07) is 16.3. The molecule has 0 aromatic heterocycles. The number of benzene rings is 2. The van der Waals surface area contributed by atoms with Crippen molar-refractivity contribution in [1.29, 1.82) is 0 Å². The van der Waals surface area contributed by atoms with Gasteiger partial charge >= 0.3 is 0 Å². The first-order chi connectivity index (χ1) is 9.24. The van der Waals surface area contributed by atoms with Crippen molar-refractivity contribution in [3.05, 3.63) is 65.2 Å². The Morgan fingerprint density at radius 1 is 1.11 bits per heavy atom. The Morgan fingerprint density at radius 3 is 2.68 bits per heavy atom. The third-order valence-electron chi connectivity index (χ3n) is 3.74. The second-order valence-electron chi connectivity index (χ2n) is 5.15. The lowest BCUT2D eigenvalue weighted by molar-refractivity contribution is -0.117. The van der Waals surface area contributed by atoms with E-state index >= 15 is 0 Å². The normalized spacial score (nSPS) is 18.4. The van der Waals surface area contributed by atoms with Crippen molar-refractivity contribution in [3.8, 4) is 0 Å². The Morgan fingerprint density at radius 2 is 1.89 bits per heavy atom. The van der Waals surface area contributed by atoms with Crippen LogP contribution in [0.2, 0.25) is 0 Å². The second kappa shape index (κ2) is 4.88. The number of carbonyl (C=O) groups excluding carboxylic acids is 1. The fourth-order valence-corrected chi connectivity index (χ4v) is 2.71. The number of nitrogens with one attached hydrogen (secondary N) is 1. The van der Waals surface area contributed by atoms with Crippen LogP contribution in [-0.2, 0) is 11.2 Å². The molecular weight excluding hydrogens is 234 g/mol. The monoisotopic (exact) mass is 251 g/mol. The summed E-state index contributed by atoms with van der Waals surface area (Å²) in [5, 5.41) is 3.06. The molecule has 1 aliphatic heterocycles. The quantitative estimate of drug-likeness (QED) is 0.823. The molecule has 2 aromatic rings. The third-order valence-corrected chi connectivity index (χ3v) is 3.74. The second-order valence-corrected chi connectivity index (χ2v) is 5.15. The summed E-state index contributed by atoms with van der Waals surface area (Å²) in [5.41, 5.74) is 4.55. The molecule has 0 saturated carbocycles. The minimum atomic E-state index is -0.0473. The van der Waals surface area contributed by atoms with Crippen LogP contribution < -0.4 is 5.32 Å². The molecule has 1 heterocycles. The number of amides is 1. The van der Waals surface area contributed by atoms with Crippen molar-refractivity contribution in [1.82, 2.24) is 0 Å². The number of anilines is 1. The first-order valence-corrected chi connectivity index (χ1v) is 6.69. The molecule has 1 atom stereocenters. The van der Waals surface area contributed by atoms with E-state index in [1.54, 1.807) is 0 Å². The third kappa shape index (κ3) is 2.39. The van der Waals surface area contributed by atoms with Crippen LogP contribution in [0.1, 0.15) is 29.0 Å². The van der Waals surface area contributed by atoms with Crippen LogP contribution in [0.25, 0.3) is 0 Å². The average molecular weight is 251 g/mol. The number of aryl methyl sites for hydroxylation is 2. The van der Waals surface area contributed by atoms with Gasteiger partial charge in [0, 0.05) is 5.69 Å². The lowest BCUT2D eigenvalue weighted by Gasteiger charge is -2.13. The van der Waals surface area contributed by atoms with E-state index in [2.05, 4.69) is 18.3 Å². The van der Waals surface area contributed by atoms with Crippen LogP contribution >= 0.6 is 0 Å². The Hall–Kier alpha value is -2.09. The lowest BCUT2D eigenvalue weighted by atomic mass is 9.93. The van der Waals surface area contributed by atoms with Crippen LogP contribution in [0, 0.1) is 6.92 Å². The van der Waals surface area contributed by atoms with Crippen molar-refractivity contribution >= 4 is 11.6 Å². The molecule has 1 N–H and O–H groups in total. The van der Waals surface area contributed by atoms with E-state index in [-0.39, 0.29) is 11.8 Å². The summed E-state index contributed by atoms with van der Waals surface area (Å²) in [5.74, 6) is 0.0581. The molecule has 2 aromatic carbocycles. The van der Waals surface area contributed by atoms with E-state index in [1.165, 1.54) is 11.1 Å². The molecular formula is C17H17NO. The lowest BCUT2D eigenvalue weighted by Crippen LogP contribution is -2.19. The minimum Gasteiger partial charge on any atom is -0.325 e. The van der Waals surface area contributed by atoms with Crippen LogP contribution in [0.4, 0.5) is 5.69 Å². The van der Waals surface area contributed by atoms with Gasteiger partial charge in [0.25, 0.3) is 0 Å². The van der Waals surface area contributed by atoms with E-state index in [9.17, 15) is 4.79 Å². The highest BCUT2D eigenvalue weighted by Gasteiger charge is 2.24. The Bertz CT molecular complexity index is 604. The maximum Gasteiger partial charge on any atom is 0.231 e. The molecule has 0 bridgehead atoms.